The van der Waals surface area contributed by atoms with E-state index in [1.807, 2.05) is 24.3 Å². The van der Waals surface area contributed by atoms with E-state index in [0.717, 1.165) is 41.5 Å². The largest absolute Gasteiger partial charge is 0.480 e. The van der Waals surface area contributed by atoms with Crippen LogP contribution in [0.1, 0.15) is 49.7 Å². The lowest BCUT2D eigenvalue weighted by Gasteiger charge is -2.40. The van der Waals surface area contributed by atoms with Gasteiger partial charge in [0.15, 0.2) is 0 Å². The molecule has 146 valence electrons. The zero-order valence-corrected chi connectivity index (χ0v) is 16.0. The molecule has 0 radical (unpaired) electrons. The van der Waals surface area contributed by atoms with Crippen molar-refractivity contribution in [2.45, 2.75) is 44.6 Å². The number of nitrogens with one attached hydrogen (secondary N) is 1. The maximum atomic E-state index is 12.3. The van der Waals surface area contributed by atoms with Crippen LogP contribution in [0, 0.1) is 5.41 Å². The van der Waals surface area contributed by atoms with Gasteiger partial charge in [0.25, 0.3) is 0 Å². The highest BCUT2D eigenvalue weighted by atomic mass is 16.5. The van der Waals surface area contributed by atoms with Crippen molar-refractivity contribution in [3.05, 3.63) is 59.7 Å². The first kappa shape index (κ1) is 18.5. The minimum atomic E-state index is -1.01. The molecule has 2 aliphatic carbocycles. The van der Waals surface area contributed by atoms with E-state index in [1.165, 1.54) is 0 Å². The van der Waals surface area contributed by atoms with Crippen molar-refractivity contribution in [3.63, 3.8) is 0 Å². The van der Waals surface area contributed by atoms with Gasteiger partial charge in [-0.2, -0.15) is 0 Å². The van der Waals surface area contributed by atoms with Crippen LogP contribution in [0.5, 0.6) is 0 Å². The Morgan fingerprint density at radius 2 is 1.68 bits per heavy atom. The van der Waals surface area contributed by atoms with E-state index in [1.54, 1.807) is 0 Å². The molecule has 2 N–H and O–H groups in total. The summed E-state index contributed by atoms with van der Waals surface area (Å²) in [4.78, 5) is 23.9. The molecule has 1 saturated carbocycles. The van der Waals surface area contributed by atoms with Crippen LogP contribution in [0.3, 0.4) is 0 Å². The summed E-state index contributed by atoms with van der Waals surface area (Å²) in [5.41, 5.74) is 4.59. The number of amides is 1. The summed E-state index contributed by atoms with van der Waals surface area (Å²) in [6.45, 7) is 2.26. The third-order valence-electron chi connectivity index (χ3n) is 6.19. The minimum Gasteiger partial charge on any atom is -0.480 e. The molecule has 2 aromatic rings. The van der Waals surface area contributed by atoms with Gasteiger partial charge < -0.3 is 15.2 Å². The SMILES string of the molecule is CC1(C[C@@H](NC(=O)OCC2c3ccccc3-c3ccccc32)C(=O)O)CCC1. The van der Waals surface area contributed by atoms with Crippen molar-refractivity contribution in [2.24, 2.45) is 5.41 Å². The highest BCUT2D eigenvalue weighted by molar-refractivity contribution is 5.81. The Bertz CT molecular complexity index is 857. The Labute approximate surface area is 164 Å². The van der Waals surface area contributed by atoms with Crippen LogP contribution in [0.15, 0.2) is 48.5 Å². The zero-order chi connectivity index (χ0) is 19.7. The molecule has 0 heterocycles. The molecule has 0 spiro atoms. The number of ether oxygens (including phenoxy) is 1. The maximum Gasteiger partial charge on any atom is 0.407 e. The van der Waals surface area contributed by atoms with Gasteiger partial charge in [-0.25, -0.2) is 9.59 Å². The second-order valence-electron chi connectivity index (χ2n) is 8.23. The summed E-state index contributed by atoms with van der Waals surface area (Å²) in [5.74, 6) is -1.05. The number of hydrogen-bond donors (Lipinski definition) is 2. The average Bonchev–Trinajstić information content (AvgIpc) is 2.98. The fraction of sp³-hybridized carbons (Fsp3) is 0.391. The van der Waals surface area contributed by atoms with Gasteiger partial charge in [0.05, 0.1) is 0 Å². The van der Waals surface area contributed by atoms with Gasteiger partial charge >= 0.3 is 12.1 Å². The van der Waals surface area contributed by atoms with Crippen LogP contribution < -0.4 is 5.32 Å². The molecule has 5 nitrogen and oxygen atoms in total. The third-order valence-corrected chi connectivity index (χ3v) is 6.19. The number of benzene rings is 2. The van der Waals surface area contributed by atoms with Gasteiger partial charge in [-0.3, -0.25) is 0 Å². The molecule has 28 heavy (non-hydrogen) atoms. The van der Waals surface area contributed by atoms with Crippen LogP contribution in [0.2, 0.25) is 0 Å². The quantitative estimate of drug-likeness (QED) is 0.771. The van der Waals surface area contributed by atoms with Crippen LogP contribution in [-0.2, 0) is 9.53 Å². The van der Waals surface area contributed by atoms with Crippen molar-refractivity contribution < 1.29 is 19.4 Å². The molecular weight excluding hydrogens is 354 g/mol. The fourth-order valence-electron chi connectivity index (χ4n) is 4.46. The predicted octanol–water partition coefficient (Wildman–Crippen LogP) is 4.56. The first-order chi connectivity index (χ1) is 13.5. The third kappa shape index (κ3) is 3.49. The van der Waals surface area contributed by atoms with Crippen molar-refractivity contribution >= 4 is 12.1 Å². The summed E-state index contributed by atoms with van der Waals surface area (Å²) >= 11 is 0. The van der Waals surface area contributed by atoms with Gasteiger partial charge in [-0.15, -0.1) is 0 Å². The Morgan fingerprint density at radius 1 is 1.11 bits per heavy atom. The molecule has 1 amide bonds. The molecule has 0 bridgehead atoms. The molecule has 2 aliphatic rings. The molecule has 0 aromatic heterocycles. The van der Waals surface area contributed by atoms with Gasteiger partial charge in [0, 0.05) is 5.92 Å². The fourth-order valence-corrected chi connectivity index (χ4v) is 4.46. The second kappa shape index (κ2) is 7.30. The first-order valence-corrected chi connectivity index (χ1v) is 9.81. The lowest BCUT2D eigenvalue weighted by Crippen LogP contribution is -2.45. The number of carbonyl (C=O) groups is 2. The molecular formula is C23H25NO4. The number of alkyl carbamates (subject to hydrolysis) is 1. The summed E-state index contributed by atoms with van der Waals surface area (Å²) in [6, 6.07) is 15.3. The van der Waals surface area contributed by atoms with Crippen molar-refractivity contribution in [1.82, 2.24) is 5.32 Å². The highest BCUT2D eigenvalue weighted by Gasteiger charge is 2.37. The molecule has 5 heteroatoms. The van der Waals surface area contributed by atoms with Gasteiger partial charge in [0.1, 0.15) is 12.6 Å². The summed E-state index contributed by atoms with van der Waals surface area (Å²) in [7, 11) is 0. The van der Waals surface area contributed by atoms with Gasteiger partial charge in [-0.1, -0.05) is 61.9 Å². The lowest BCUT2D eigenvalue weighted by molar-refractivity contribution is -0.140. The van der Waals surface area contributed by atoms with E-state index in [0.29, 0.717) is 6.42 Å². The number of rotatable bonds is 6. The summed E-state index contributed by atoms with van der Waals surface area (Å²) < 4.78 is 5.47. The van der Waals surface area contributed by atoms with Crippen molar-refractivity contribution in [3.8, 4) is 11.1 Å². The van der Waals surface area contributed by atoms with Crippen molar-refractivity contribution in [2.75, 3.05) is 6.61 Å². The summed E-state index contributed by atoms with van der Waals surface area (Å²) in [5, 5.41) is 12.0. The molecule has 0 saturated heterocycles. The van der Waals surface area contributed by atoms with Crippen LogP contribution in [-0.4, -0.2) is 29.8 Å². The van der Waals surface area contributed by atoms with E-state index < -0.39 is 18.1 Å². The Balaban J connectivity index is 1.42. The van der Waals surface area contributed by atoms with Crippen LogP contribution >= 0.6 is 0 Å². The Hall–Kier alpha value is -2.82. The topological polar surface area (TPSA) is 75.6 Å². The smallest absolute Gasteiger partial charge is 0.407 e. The van der Waals surface area contributed by atoms with Crippen LogP contribution in [0.25, 0.3) is 11.1 Å². The van der Waals surface area contributed by atoms with Gasteiger partial charge in [-0.05, 0) is 46.9 Å². The first-order valence-electron chi connectivity index (χ1n) is 9.81. The number of aliphatic carboxylic acids is 1. The zero-order valence-electron chi connectivity index (χ0n) is 16.0. The maximum absolute atomic E-state index is 12.3. The average molecular weight is 379 g/mol. The number of carboxylic acids is 1. The van der Waals surface area contributed by atoms with E-state index in [4.69, 9.17) is 4.74 Å². The predicted molar refractivity (Wildman–Crippen MR) is 106 cm³/mol. The van der Waals surface area contributed by atoms with Gasteiger partial charge in [0.2, 0.25) is 0 Å². The van der Waals surface area contributed by atoms with Crippen LogP contribution in [0.4, 0.5) is 4.79 Å². The molecule has 1 fully saturated rings. The molecule has 1 atom stereocenters. The molecule has 0 aliphatic heterocycles. The highest BCUT2D eigenvalue weighted by Crippen LogP contribution is 2.45. The standard InChI is InChI=1S/C23H25NO4/c1-23(11-6-12-23)13-20(21(25)26)24-22(27)28-14-19-17-9-4-2-7-15(17)16-8-3-5-10-18(16)19/h2-5,7-10,19-20H,6,11-14H2,1H3,(H,24,27)(H,25,26)/t20-/m1/s1. The van der Waals surface area contributed by atoms with E-state index >= 15 is 0 Å². The number of carboxylic acid groups (broad SMARTS) is 1. The minimum absolute atomic E-state index is 0.000328. The summed E-state index contributed by atoms with van der Waals surface area (Å²) in [6.07, 6.45) is 2.89. The molecule has 0 unspecified atom stereocenters. The molecule has 2 aromatic carbocycles. The number of fused-ring (bicyclic) bond motifs is 3. The van der Waals surface area contributed by atoms with E-state index in [-0.39, 0.29) is 17.9 Å². The normalized spacial score (nSPS) is 17.8. The molecule has 4 rings (SSSR count). The Morgan fingerprint density at radius 3 is 2.18 bits per heavy atom. The van der Waals surface area contributed by atoms with E-state index in [2.05, 4.69) is 36.5 Å². The van der Waals surface area contributed by atoms with Crippen molar-refractivity contribution in [1.29, 1.82) is 0 Å². The number of hydrogen-bond acceptors (Lipinski definition) is 3. The lowest BCUT2D eigenvalue weighted by atomic mass is 9.67. The Kier molecular flexibility index (Phi) is 4.84. The second-order valence-corrected chi connectivity index (χ2v) is 8.23. The monoisotopic (exact) mass is 379 g/mol. The van der Waals surface area contributed by atoms with E-state index in [9.17, 15) is 14.7 Å². The number of carbonyl (C=O) groups excluding carboxylic acids is 1.